The summed E-state index contributed by atoms with van der Waals surface area (Å²) in [5.41, 5.74) is 3.40. The number of benzene rings is 4. The fourth-order valence-electron chi connectivity index (χ4n) is 3.18. The number of fused-ring (bicyclic) bond motifs is 1. The first-order valence-electron chi connectivity index (χ1n) is 10.3. The second-order valence-corrected chi connectivity index (χ2v) is 8.11. The molecule has 0 heterocycles. The molecule has 4 aromatic carbocycles. The van der Waals surface area contributed by atoms with E-state index in [1.54, 1.807) is 42.5 Å². The van der Waals surface area contributed by atoms with Crippen molar-refractivity contribution in [2.45, 2.75) is 0 Å². The zero-order valence-electron chi connectivity index (χ0n) is 18.0. The largest absolute Gasteiger partial charge is 0.423 e. The third kappa shape index (κ3) is 6.03. The quantitative estimate of drug-likeness (QED) is 0.124. The predicted molar refractivity (Wildman–Crippen MR) is 136 cm³/mol. The van der Waals surface area contributed by atoms with Gasteiger partial charge in [-0.25, -0.2) is 10.2 Å². The summed E-state index contributed by atoms with van der Waals surface area (Å²) in [4.78, 5) is 36.6. The van der Waals surface area contributed by atoms with Gasteiger partial charge in [-0.1, -0.05) is 59.6 Å². The van der Waals surface area contributed by atoms with Crippen LogP contribution in [0.5, 0.6) is 5.75 Å². The molecule has 0 saturated carbocycles. The molecule has 2 amide bonds. The van der Waals surface area contributed by atoms with Crippen LogP contribution in [0.4, 0.5) is 5.69 Å². The van der Waals surface area contributed by atoms with Gasteiger partial charge in [0.05, 0.1) is 22.5 Å². The Bertz CT molecular complexity index is 1450. The SMILES string of the molecule is O=C(N/N=C/c1ccc(OC(=O)c2cccc3ccccc23)cc1)C(=O)Nc1cc(Cl)ccc1Cl. The molecule has 9 heteroatoms. The first-order valence-corrected chi connectivity index (χ1v) is 11.1. The molecule has 0 aromatic heterocycles. The molecule has 0 atom stereocenters. The highest BCUT2D eigenvalue weighted by Crippen LogP contribution is 2.25. The van der Waals surface area contributed by atoms with Crippen molar-refractivity contribution >= 4 is 63.7 Å². The number of hydrazone groups is 1. The molecule has 0 unspecified atom stereocenters. The van der Waals surface area contributed by atoms with Crippen LogP contribution in [0.25, 0.3) is 10.8 Å². The minimum atomic E-state index is -0.988. The molecule has 0 aliphatic carbocycles. The Morgan fingerprint density at radius 3 is 2.37 bits per heavy atom. The summed E-state index contributed by atoms with van der Waals surface area (Å²) in [6.07, 6.45) is 1.34. The average molecular weight is 506 g/mol. The van der Waals surface area contributed by atoms with Gasteiger partial charge in [-0.2, -0.15) is 5.10 Å². The highest BCUT2D eigenvalue weighted by molar-refractivity contribution is 6.42. The van der Waals surface area contributed by atoms with Crippen molar-refractivity contribution in [2.24, 2.45) is 5.10 Å². The van der Waals surface area contributed by atoms with Crippen molar-refractivity contribution in [1.82, 2.24) is 5.43 Å². The molecule has 0 fully saturated rings. The zero-order valence-corrected chi connectivity index (χ0v) is 19.5. The van der Waals surface area contributed by atoms with Crippen LogP contribution in [0.15, 0.2) is 90.0 Å². The fraction of sp³-hybridized carbons (Fsp3) is 0. The predicted octanol–water partition coefficient (Wildman–Crippen LogP) is 5.45. The van der Waals surface area contributed by atoms with Gasteiger partial charge in [0.25, 0.3) is 0 Å². The second-order valence-electron chi connectivity index (χ2n) is 7.26. The highest BCUT2D eigenvalue weighted by Gasteiger charge is 2.15. The van der Waals surface area contributed by atoms with Gasteiger partial charge in [0.1, 0.15) is 5.75 Å². The maximum Gasteiger partial charge on any atom is 0.344 e. The molecule has 2 N–H and O–H groups in total. The normalized spacial score (nSPS) is 10.8. The van der Waals surface area contributed by atoms with Crippen molar-refractivity contribution in [3.8, 4) is 5.75 Å². The Morgan fingerprint density at radius 1 is 0.829 bits per heavy atom. The second kappa shape index (κ2) is 10.8. The molecule has 174 valence electrons. The van der Waals surface area contributed by atoms with E-state index < -0.39 is 17.8 Å². The summed E-state index contributed by atoms with van der Waals surface area (Å²) in [6, 6.07) is 24.0. The van der Waals surface area contributed by atoms with Crippen molar-refractivity contribution in [3.63, 3.8) is 0 Å². The van der Waals surface area contributed by atoms with Gasteiger partial charge in [-0.05, 0) is 64.9 Å². The molecule has 0 radical (unpaired) electrons. The molecule has 0 aliphatic heterocycles. The van der Waals surface area contributed by atoms with E-state index in [9.17, 15) is 14.4 Å². The van der Waals surface area contributed by atoms with Crippen molar-refractivity contribution in [1.29, 1.82) is 0 Å². The van der Waals surface area contributed by atoms with E-state index in [2.05, 4.69) is 15.8 Å². The first-order chi connectivity index (χ1) is 16.9. The van der Waals surface area contributed by atoms with Crippen LogP contribution in [-0.2, 0) is 9.59 Å². The number of esters is 1. The van der Waals surface area contributed by atoms with Gasteiger partial charge < -0.3 is 10.1 Å². The summed E-state index contributed by atoms with van der Waals surface area (Å²) in [7, 11) is 0. The number of nitrogens with zero attached hydrogens (tertiary/aromatic N) is 1. The third-order valence-electron chi connectivity index (χ3n) is 4.86. The van der Waals surface area contributed by atoms with Gasteiger partial charge in [0.2, 0.25) is 0 Å². The standard InChI is InChI=1S/C26H17Cl2N3O4/c27-18-10-13-22(28)23(14-18)30-24(32)25(33)31-29-15-16-8-11-19(12-9-16)35-26(34)21-7-3-5-17-4-1-2-6-20(17)21/h1-15H,(H,30,32)(H,31,33)/b29-15+. The zero-order chi connectivity index (χ0) is 24.8. The van der Waals surface area contributed by atoms with Gasteiger partial charge in [-0.3, -0.25) is 9.59 Å². The van der Waals surface area contributed by atoms with Crippen LogP contribution in [0.2, 0.25) is 10.0 Å². The number of carbonyl (C=O) groups excluding carboxylic acids is 3. The number of rotatable bonds is 5. The van der Waals surface area contributed by atoms with Gasteiger partial charge in [0, 0.05) is 5.02 Å². The number of carbonyl (C=O) groups is 3. The smallest absolute Gasteiger partial charge is 0.344 e. The molecule has 0 aliphatic rings. The molecular formula is C26H17Cl2N3O4. The molecule has 0 spiro atoms. The van der Waals surface area contributed by atoms with Gasteiger partial charge >= 0.3 is 17.8 Å². The molecule has 4 rings (SSSR count). The van der Waals surface area contributed by atoms with E-state index in [4.69, 9.17) is 27.9 Å². The lowest BCUT2D eigenvalue weighted by Crippen LogP contribution is -2.32. The summed E-state index contributed by atoms with van der Waals surface area (Å²) in [5, 5.41) is 8.47. The first kappa shape index (κ1) is 23.9. The molecule has 4 aromatic rings. The maximum absolute atomic E-state index is 12.6. The molecule has 35 heavy (non-hydrogen) atoms. The molecular weight excluding hydrogens is 489 g/mol. The average Bonchev–Trinajstić information content (AvgIpc) is 2.86. The van der Waals surface area contributed by atoms with E-state index in [1.807, 2.05) is 30.3 Å². The fourth-order valence-corrected chi connectivity index (χ4v) is 3.51. The summed E-state index contributed by atoms with van der Waals surface area (Å²) < 4.78 is 5.49. The summed E-state index contributed by atoms with van der Waals surface area (Å²) >= 11 is 11.8. The third-order valence-corrected chi connectivity index (χ3v) is 5.43. The minimum Gasteiger partial charge on any atom is -0.423 e. The van der Waals surface area contributed by atoms with Crippen LogP contribution in [0.3, 0.4) is 0 Å². The summed E-state index contributed by atoms with van der Waals surface area (Å²) in [5.74, 6) is -2.07. The van der Waals surface area contributed by atoms with Crippen LogP contribution >= 0.6 is 23.2 Å². The molecule has 7 nitrogen and oxygen atoms in total. The Hall–Kier alpha value is -4.20. The Morgan fingerprint density at radius 2 is 1.57 bits per heavy atom. The van der Waals surface area contributed by atoms with E-state index >= 15 is 0 Å². The van der Waals surface area contributed by atoms with Crippen LogP contribution < -0.4 is 15.5 Å². The number of amides is 2. The number of ether oxygens (including phenoxy) is 1. The van der Waals surface area contributed by atoms with Crippen LogP contribution in [0, 0.1) is 0 Å². The topological polar surface area (TPSA) is 96.9 Å². The summed E-state index contributed by atoms with van der Waals surface area (Å²) in [6.45, 7) is 0. The van der Waals surface area contributed by atoms with Crippen LogP contribution in [0.1, 0.15) is 15.9 Å². The highest BCUT2D eigenvalue weighted by atomic mass is 35.5. The monoisotopic (exact) mass is 505 g/mol. The Labute approximate surface area is 210 Å². The van der Waals surface area contributed by atoms with E-state index in [-0.39, 0.29) is 10.7 Å². The van der Waals surface area contributed by atoms with Crippen molar-refractivity contribution < 1.29 is 19.1 Å². The maximum atomic E-state index is 12.6. The van der Waals surface area contributed by atoms with Gasteiger partial charge in [0.15, 0.2) is 0 Å². The van der Waals surface area contributed by atoms with Crippen molar-refractivity contribution in [3.05, 3.63) is 106 Å². The number of halogens is 2. The Balaban J connectivity index is 1.33. The molecule has 0 saturated heterocycles. The number of hydrogen-bond donors (Lipinski definition) is 2. The minimum absolute atomic E-state index is 0.205. The van der Waals surface area contributed by atoms with E-state index in [1.165, 1.54) is 18.3 Å². The van der Waals surface area contributed by atoms with Crippen LogP contribution in [-0.4, -0.2) is 24.0 Å². The number of anilines is 1. The molecule has 0 bridgehead atoms. The number of hydrogen-bond acceptors (Lipinski definition) is 5. The Kier molecular flexibility index (Phi) is 7.40. The lowest BCUT2D eigenvalue weighted by atomic mass is 10.0. The lowest BCUT2D eigenvalue weighted by molar-refractivity contribution is -0.136. The van der Waals surface area contributed by atoms with E-state index in [0.717, 1.165) is 10.8 Å². The number of nitrogens with one attached hydrogen (secondary N) is 2. The van der Waals surface area contributed by atoms with Gasteiger partial charge in [-0.15, -0.1) is 0 Å². The van der Waals surface area contributed by atoms with Crippen molar-refractivity contribution in [2.75, 3.05) is 5.32 Å². The lowest BCUT2D eigenvalue weighted by Gasteiger charge is -2.07. The van der Waals surface area contributed by atoms with E-state index in [0.29, 0.717) is 21.9 Å².